The average Bonchev–Trinajstić information content (AvgIpc) is 2.89. The third kappa shape index (κ3) is 1.98. The zero-order valence-corrected chi connectivity index (χ0v) is 12.4. The van der Waals surface area contributed by atoms with Crippen molar-refractivity contribution in [2.24, 2.45) is 23.2 Å². The maximum absolute atomic E-state index is 12.3. The molecule has 0 bridgehead atoms. The van der Waals surface area contributed by atoms with E-state index in [0.29, 0.717) is 13.2 Å². The Bertz CT molecular complexity index is 407. The fourth-order valence-corrected chi connectivity index (χ4v) is 4.33. The van der Waals surface area contributed by atoms with Crippen molar-refractivity contribution in [3.63, 3.8) is 0 Å². The van der Waals surface area contributed by atoms with Gasteiger partial charge in [0.2, 0.25) is 0 Å². The Morgan fingerprint density at radius 3 is 2.60 bits per heavy atom. The summed E-state index contributed by atoms with van der Waals surface area (Å²) in [6.45, 7) is 6.81. The highest BCUT2D eigenvalue weighted by molar-refractivity contribution is 5.79. The lowest BCUT2D eigenvalue weighted by atomic mass is 9.57. The van der Waals surface area contributed by atoms with Gasteiger partial charge in [-0.3, -0.25) is 4.79 Å². The third-order valence-corrected chi connectivity index (χ3v) is 5.46. The van der Waals surface area contributed by atoms with Crippen LogP contribution in [0.3, 0.4) is 0 Å². The lowest BCUT2D eigenvalue weighted by Gasteiger charge is -2.46. The van der Waals surface area contributed by atoms with Crippen LogP contribution in [-0.4, -0.2) is 42.8 Å². The zero-order chi connectivity index (χ0) is 14.5. The topological polar surface area (TPSA) is 65.0 Å². The summed E-state index contributed by atoms with van der Waals surface area (Å²) >= 11 is 0. The monoisotopic (exact) mass is 284 g/mol. The van der Waals surface area contributed by atoms with Gasteiger partial charge >= 0.3 is 5.97 Å². The number of esters is 1. The first-order valence-electron chi connectivity index (χ1n) is 7.48. The standard InChI is InChI=1S/C15H24O5/c1-14(2)19-8-11(20-14)12-9(6-16)4-5-10-7-18-13(17)15(10,12)3/h9-12,16H,4-8H2,1-3H3/t9-,10+,11-,12+,15-/m0/s1. The van der Waals surface area contributed by atoms with Crippen molar-refractivity contribution in [3.8, 4) is 0 Å². The minimum absolute atomic E-state index is 0.0389. The van der Waals surface area contributed by atoms with Crippen LogP contribution in [0, 0.1) is 23.2 Å². The second-order valence-corrected chi connectivity index (χ2v) is 6.99. The Balaban J connectivity index is 1.92. The predicted octanol–water partition coefficient (Wildman–Crippen LogP) is 1.34. The van der Waals surface area contributed by atoms with Gasteiger partial charge in [0.25, 0.3) is 0 Å². The number of rotatable bonds is 2. The maximum atomic E-state index is 12.3. The van der Waals surface area contributed by atoms with E-state index < -0.39 is 11.2 Å². The summed E-state index contributed by atoms with van der Waals surface area (Å²) in [5.74, 6) is -0.488. The first kappa shape index (κ1) is 14.3. The molecule has 0 radical (unpaired) electrons. The summed E-state index contributed by atoms with van der Waals surface area (Å²) in [4.78, 5) is 12.3. The minimum Gasteiger partial charge on any atom is -0.465 e. The van der Waals surface area contributed by atoms with E-state index >= 15 is 0 Å². The van der Waals surface area contributed by atoms with Crippen LogP contribution < -0.4 is 0 Å². The van der Waals surface area contributed by atoms with E-state index in [-0.39, 0.29) is 36.4 Å². The molecule has 114 valence electrons. The molecule has 5 atom stereocenters. The molecule has 2 aliphatic heterocycles. The molecule has 0 aromatic carbocycles. The van der Waals surface area contributed by atoms with Gasteiger partial charge in [-0.05, 0) is 39.5 Å². The number of carbonyl (C=O) groups excluding carboxylic acids is 1. The normalized spacial score (nSPS) is 47.1. The van der Waals surface area contributed by atoms with Crippen molar-refractivity contribution in [1.82, 2.24) is 0 Å². The van der Waals surface area contributed by atoms with Crippen LogP contribution in [0.5, 0.6) is 0 Å². The van der Waals surface area contributed by atoms with Crippen LogP contribution in [0.25, 0.3) is 0 Å². The molecule has 0 aromatic heterocycles. The van der Waals surface area contributed by atoms with Crippen molar-refractivity contribution in [2.75, 3.05) is 19.8 Å². The van der Waals surface area contributed by atoms with Gasteiger partial charge in [-0.15, -0.1) is 0 Å². The summed E-state index contributed by atoms with van der Waals surface area (Å²) < 4.78 is 17.0. The van der Waals surface area contributed by atoms with Crippen LogP contribution in [0.2, 0.25) is 0 Å². The fraction of sp³-hybridized carbons (Fsp3) is 0.933. The maximum Gasteiger partial charge on any atom is 0.312 e. The Kier molecular flexibility index (Phi) is 3.35. The highest BCUT2D eigenvalue weighted by Crippen LogP contribution is 2.55. The quantitative estimate of drug-likeness (QED) is 0.775. The first-order valence-corrected chi connectivity index (χ1v) is 7.48. The first-order chi connectivity index (χ1) is 9.38. The third-order valence-electron chi connectivity index (χ3n) is 5.46. The van der Waals surface area contributed by atoms with E-state index in [4.69, 9.17) is 14.2 Å². The van der Waals surface area contributed by atoms with E-state index in [0.717, 1.165) is 12.8 Å². The molecule has 3 aliphatic rings. The molecule has 1 N–H and O–H groups in total. The van der Waals surface area contributed by atoms with Gasteiger partial charge in [0, 0.05) is 18.4 Å². The molecule has 2 saturated heterocycles. The van der Waals surface area contributed by atoms with Crippen molar-refractivity contribution < 1.29 is 24.1 Å². The van der Waals surface area contributed by atoms with Gasteiger partial charge in [-0.25, -0.2) is 0 Å². The molecule has 1 saturated carbocycles. The number of cyclic esters (lactones) is 1. The van der Waals surface area contributed by atoms with E-state index in [9.17, 15) is 9.90 Å². The molecule has 0 amide bonds. The summed E-state index contributed by atoms with van der Waals surface area (Å²) in [5, 5.41) is 9.72. The lowest BCUT2D eigenvalue weighted by molar-refractivity contribution is -0.173. The van der Waals surface area contributed by atoms with Crippen LogP contribution in [-0.2, 0) is 19.0 Å². The van der Waals surface area contributed by atoms with Crippen LogP contribution in [0.15, 0.2) is 0 Å². The number of hydrogen-bond donors (Lipinski definition) is 1. The number of aliphatic hydroxyl groups excluding tert-OH is 1. The fourth-order valence-electron chi connectivity index (χ4n) is 4.33. The van der Waals surface area contributed by atoms with Crippen molar-refractivity contribution >= 4 is 5.97 Å². The van der Waals surface area contributed by atoms with E-state index in [1.165, 1.54) is 0 Å². The average molecular weight is 284 g/mol. The van der Waals surface area contributed by atoms with Gasteiger partial charge in [-0.1, -0.05) is 0 Å². The Morgan fingerprint density at radius 1 is 1.25 bits per heavy atom. The summed E-state index contributed by atoms with van der Waals surface area (Å²) in [7, 11) is 0. The SMILES string of the molecule is CC1(C)OC[C@@H]([C@H]2[C@H](CO)CC[C@@H]3COC(=O)[C@@]32C)O1. The van der Waals surface area contributed by atoms with Crippen LogP contribution in [0.1, 0.15) is 33.6 Å². The molecule has 3 rings (SSSR count). The summed E-state index contributed by atoms with van der Waals surface area (Å²) in [5.41, 5.74) is -0.555. The predicted molar refractivity (Wildman–Crippen MR) is 70.8 cm³/mol. The zero-order valence-electron chi connectivity index (χ0n) is 12.4. The van der Waals surface area contributed by atoms with Gasteiger partial charge in [-0.2, -0.15) is 0 Å². The van der Waals surface area contributed by atoms with E-state index in [1.807, 2.05) is 20.8 Å². The number of aliphatic hydroxyl groups is 1. The second kappa shape index (κ2) is 4.68. The van der Waals surface area contributed by atoms with E-state index in [1.54, 1.807) is 0 Å². The lowest BCUT2D eigenvalue weighted by Crippen LogP contribution is -2.52. The smallest absolute Gasteiger partial charge is 0.312 e. The molecule has 5 heteroatoms. The molecular formula is C15H24O5. The van der Waals surface area contributed by atoms with E-state index in [2.05, 4.69) is 0 Å². The van der Waals surface area contributed by atoms with Gasteiger partial charge in [0.1, 0.15) is 0 Å². The number of carbonyl (C=O) groups is 1. The molecule has 5 nitrogen and oxygen atoms in total. The number of fused-ring (bicyclic) bond motifs is 1. The minimum atomic E-state index is -0.615. The van der Waals surface area contributed by atoms with Gasteiger partial charge < -0.3 is 19.3 Å². The highest BCUT2D eigenvalue weighted by atomic mass is 16.7. The molecule has 0 spiro atoms. The second-order valence-electron chi connectivity index (χ2n) is 6.99. The van der Waals surface area contributed by atoms with Gasteiger partial charge in [0.05, 0.1) is 24.7 Å². The summed E-state index contributed by atoms with van der Waals surface area (Å²) in [6.07, 6.45) is 1.69. The van der Waals surface area contributed by atoms with Crippen LogP contribution in [0.4, 0.5) is 0 Å². The molecule has 3 fully saturated rings. The molecule has 2 heterocycles. The van der Waals surface area contributed by atoms with Crippen LogP contribution >= 0.6 is 0 Å². The Hall–Kier alpha value is -0.650. The van der Waals surface area contributed by atoms with Crippen molar-refractivity contribution in [1.29, 1.82) is 0 Å². The number of hydrogen-bond acceptors (Lipinski definition) is 5. The Labute approximate surface area is 119 Å². The molecule has 0 aromatic rings. The molecular weight excluding hydrogens is 260 g/mol. The summed E-state index contributed by atoms with van der Waals surface area (Å²) in [6, 6.07) is 0. The largest absolute Gasteiger partial charge is 0.465 e. The molecule has 0 unspecified atom stereocenters. The number of ether oxygens (including phenoxy) is 3. The van der Waals surface area contributed by atoms with Crippen molar-refractivity contribution in [3.05, 3.63) is 0 Å². The highest BCUT2D eigenvalue weighted by Gasteiger charge is 2.61. The molecule has 20 heavy (non-hydrogen) atoms. The van der Waals surface area contributed by atoms with Crippen molar-refractivity contribution in [2.45, 2.75) is 45.5 Å². The molecule has 1 aliphatic carbocycles. The Morgan fingerprint density at radius 2 is 2.00 bits per heavy atom. The van der Waals surface area contributed by atoms with Gasteiger partial charge in [0.15, 0.2) is 5.79 Å².